The number of rotatable bonds is 3. The van der Waals surface area contributed by atoms with Crippen LogP contribution in [0.2, 0.25) is 0 Å². The Morgan fingerprint density at radius 2 is 1.27 bits per heavy atom. The molecule has 1 aliphatic carbocycles. The van der Waals surface area contributed by atoms with Crippen LogP contribution in [0, 0.1) is 0 Å². The number of ketones is 2. The van der Waals surface area contributed by atoms with Crippen molar-refractivity contribution in [3.63, 3.8) is 0 Å². The molecule has 5 heteroatoms. The molecule has 0 saturated carbocycles. The lowest BCUT2D eigenvalue weighted by atomic mass is 10.0. The van der Waals surface area contributed by atoms with E-state index in [9.17, 15) is 9.59 Å². The lowest BCUT2D eigenvalue weighted by molar-refractivity contribution is 0.0990. The maximum Gasteiger partial charge on any atom is 0.246 e. The molecule has 40 heavy (non-hydrogen) atoms. The Kier molecular flexibility index (Phi) is 4.76. The van der Waals surface area contributed by atoms with Gasteiger partial charge in [0.15, 0.2) is 11.6 Å². The Labute approximate surface area is 228 Å². The number of nitrogens with zero attached hydrogens (tertiary/aromatic N) is 2. The smallest absolute Gasteiger partial charge is 0.246 e. The maximum absolute atomic E-state index is 13.6. The molecule has 188 valence electrons. The number of carbonyl (C=O) groups excluding carboxylic acids is 2. The van der Waals surface area contributed by atoms with Crippen LogP contribution in [-0.2, 0) is 0 Å². The van der Waals surface area contributed by atoms with E-state index < -0.39 is 0 Å². The molecule has 2 heterocycles. The number of aromatic nitrogens is 2. The van der Waals surface area contributed by atoms with Crippen LogP contribution in [0.25, 0.3) is 55.9 Å². The molecule has 0 N–H and O–H groups in total. The molecule has 0 aliphatic heterocycles. The van der Waals surface area contributed by atoms with Crippen molar-refractivity contribution in [2.75, 3.05) is 0 Å². The van der Waals surface area contributed by atoms with Crippen LogP contribution in [0.4, 0.5) is 0 Å². The third-order valence-electron chi connectivity index (χ3n) is 7.58. The minimum Gasteiger partial charge on any atom is -0.436 e. The number of allylic oxidation sites excluding steroid dienone is 1. The van der Waals surface area contributed by atoms with Gasteiger partial charge in [-0.05, 0) is 40.4 Å². The molecule has 0 radical (unpaired) electrons. The summed E-state index contributed by atoms with van der Waals surface area (Å²) >= 11 is 0. The summed E-state index contributed by atoms with van der Waals surface area (Å²) in [7, 11) is 0. The van der Waals surface area contributed by atoms with E-state index in [1.807, 2.05) is 89.5 Å². The lowest BCUT2D eigenvalue weighted by Crippen LogP contribution is -2.04. The second-order valence-corrected chi connectivity index (χ2v) is 9.93. The van der Waals surface area contributed by atoms with Gasteiger partial charge < -0.3 is 4.42 Å². The quantitative estimate of drug-likeness (QED) is 0.176. The number of furan rings is 1. The van der Waals surface area contributed by atoms with E-state index in [1.54, 1.807) is 18.2 Å². The SMILES string of the molecule is O=C1C(=Cc2nc3oc(-c4ccccc4)cc3n2-c2cccc3ccccc23)C(=O)c2cc3ccccc3cc21. The Morgan fingerprint density at radius 1 is 0.650 bits per heavy atom. The highest BCUT2D eigenvalue weighted by atomic mass is 16.3. The summed E-state index contributed by atoms with van der Waals surface area (Å²) in [6, 6.07) is 37.3. The number of fused-ring (bicyclic) bond motifs is 4. The van der Waals surface area contributed by atoms with Crippen LogP contribution in [0.5, 0.6) is 0 Å². The summed E-state index contributed by atoms with van der Waals surface area (Å²) in [6.07, 6.45) is 1.61. The molecule has 0 amide bonds. The fourth-order valence-corrected chi connectivity index (χ4v) is 5.66. The van der Waals surface area contributed by atoms with Gasteiger partial charge in [-0.1, -0.05) is 91.0 Å². The first-order valence-electron chi connectivity index (χ1n) is 13.1. The van der Waals surface area contributed by atoms with Crippen molar-refractivity contribution in [3.8, 4) is 17.0 Å². The van der Waals surface area contributed by atoms with Crippen LogP contribution in [0.1, 0.15) is 26.5 Å². The molecule has 5 nitrogen and oxygen atoms in total. The fourth-order valence-electron chi connectivity index (χ4n) is 5.66. The highest BCUT2D eigenvalue weighted by molar-refractivity contribution is 6.42. The van der Waals surface area contributed by atoms with Gasteiger partial charge in [0, 0.05) is 28.1 Å². The zero-order valence-electron chi connectivity index (χ0n) is 21.2. The summed E-state index contributed by atoms with van der Waals surface area (Å²) in [6.45, 7) is 0. The molecule has 0 bridgehead atoms. The molecule has 5 aromatic carbocycles. The van der Waals surface area contributed by atoms with E-state index in [4.69, 9.17) is 9.40 Å². The largest absolute Gasteiger partial charge is 0.436 e. The molecule has 2 aromatic heterocycles. The summed E-state index contributed by atoms with van der Waals surface area (Å²) in [4.78, 5) is 31.9. The molecule has 8 rings (SSSR count). The highest BCUT2D eigenvalue weighted by Gasteiger charge is 2.34. The van der Waals surface area contributed by atoms with Gasteiger partial charge in [-0.15, -0.1) is 0 Å². The molecule has 7 aromatic rings. The van der Waals surface area contributed by atoms with Gasteiger partial charge in [-0.2, -0.15) is 4.98 Å². The minimum absolute atomic E-state index is 0.0997. The lowest BCUT2D eigenvalue weighted by Gasteiger charge is -2.10. The first-order valence-corrected chi connectivity index (χ1v) is 13.1. The Morgan fingerprint density at radius 3 is 2.00 bits per heavy atom. The molecule has 0 saturated heterocycles. The van der Waals surface area contributed by atoms with E-state index in [1.165, 1.54) is 0 Å². The number of imidazole rings is 1. The van der Waals surface area contributed by atoms with Crippen molar-refractivity contribution < 1.29 is 14.0 Å². The van der Waals surface area contributed by atoms with Gasteiger partial charge in [0.2, 0.25) is 5.71 Å². The fraction of sp³-hybridized carbons (Fsp3) is 0. The molecule has 0 atom stereocenters. The summed E-state index contributed by atoms with van der Waals surface area (Å²) in [5, 5.41) is 3.93. The first kappa shape index (κ1) is 22.4. The number of hydrogen-bond donors (Lipinski definition) is 0. The maximum atomic E-state index is 13.6. The topological polar surface area (TPSA) is 65.1 Å². The normalized spacial score (nSPS) is 13.1. The molecule has 0 spiro atoms. The van der Waals surface area contributed by atoms with E-state index in [2.05, 4.69) is 18.2 Å². The van der Waals surface area contributed by atoms with Crippen molar-refractivity contribution in [1.82, 2.24) is 9.55 Å². The van der Waals surface area contributed by atoms with Crippen LogP contribution < -0.4 is 0 Å². The van der Waals surface area contributed by atoms with Gasteiger partial charge in [0.05, 0.1) is 11.3 Å². The third kappa shape index (κ3) is 3.31. The van der Waals surface area contributed by atoms with Crippen LogP contribution in [-0.4, -0.2) is 21.1 Å². The van der Waals surface area contributed by atoms with Crippen LogP contribution in [0.3, 0.4) is 0 Å². The number of benzene rings is 5. The first-order chi connectivity index (χ1) is 19.7. The van der Waals surface area contributed by atoms with Gasteiger partial charge in [0.25, 0.3) is 0 Å². The van der Waals surface area contributed by atoms with Crippen molar-refractivity contribution in [2.24, 2.45) is 0 Å². The number of Topliss-reactive ketones (excluding diaryl/α,β-unsaturated/α-hetero) is 2. The average Bonchev–Trinajstić information content (AvgIpc) is 3.63. The van der Waals surface area contributed by atoms with Crippen LogP contribution in [0.15, 0.2) is 125 Å². The summed E-state index contributed by atoms with van der Waals surface area (Å²) in [5.41, 5.74) is 3.95. The van der Waals surface area contributed by atoms with Gasteiger partial charge in [-0.3, -0.25) is 14.2 Å². The summed E-state index contributed by atoms with van der Waals surface area (Å²) < 4.78 is 8.18. The van der Waals surface area contributed by atoms with E-state index in [-0.39, 0.29) is 17.1 Å². The molecule has 0 unspecified atom stereocenters. The number of carbonyl (C=O) groups is 2. The van der Waals surface area contributed by atoms with Crippen molar-refractivity contribution in [3.05, 3.63) is 138 Å². The monoisotopic (exact) mass is 516 g/mol. The second-order valence-electron chi connectivity index (χ2n) is 9.93. The summed E-state index contributed by atoms with van der Waals surface area (Å²) in [5.74, 6) is 0.566. The van der Waals surface area contributed by atoms with Crippen molar-refractivity contribution in [1.29, 1.82) is 0 Å². The molecule has 0 fully saturated rings. The predicted molar refractivity (Wildman–Crippen MR) is 157 cm³/mol. The van der Waals surface area contributed by atoms with Crippen molar-refractivity contribution in [2.45, 2.75) is 0 Å². The Bertz CT molecular complexity index is 2140. The highest BCUT2D eigenvalue weighted by Crippen LogP contribution is 2.36. The zero-order chi connectivity index (χ0) is 26.8. The molecule has 1 aliphatic rings. The average molecular weight is 517 g/mol. The zero-order valence-corrected chi connectivity index (χ0v) is 21.2. The standard InChI is InChI=1S/C35H20N2O3/c38-33-26-17-23-12-4-5-13-24(23)18-27(26)34(39)28(33)19-32-36-35-30(20-31(40-35)22-10-2-1-3-11-22)37(32)29-16-8-14-21-9-6-7-15-25(21)29/h1-20H. The third-order valence-corrected chi connectivity index (χ3v) is 7.58. The van der Waals surface area contributed by atoms with Crippen LogP contribution >= 0.6 is 0 Å². The number of hydrogen-bond acceptors (Lipinski definition) is 4. The molecular weight excluding hydrogens is 496 g/mol. The second kappa shape index (κ2) is 8.48. The Balaban J connectivity index is 1.36. The van der Waals surface area contributed by atoms with E-state index in [0.717, 1.165) is 38.3 Å². The van der Waals surface area contributed by atoms with E-state index >= 15 is 0 Å². The molecular formula is C35H20N2O3. The van der Waals surface area contributed by atoms with E-state index in [0.29, 0.717) is 28.4 Å². The van der Waals surface area contributed by atoms with Crippen molar-refractivity contribution >= 4 is 50.4 Å². The Hall–Kier alpha value is -5.55. The van der Waals surface area contributed by atoms with Gasteiger partial charge in [0.1, 0.15) is 17.1 Å². The minimum atomic E-state index is -0.292. The predicted octanol–water partition coefficient (Wildman–Crippen LogP) is 8.05. The van der Waals surface area contributed by atoms with Gasteiger partial charge in [-0.25, -0.2) is 0 Å². The van der Waals surface area contributed by atoms with Gasteiger partial charge >= 0.3 is 0 Å².